The fraction of sp³-hybridized carbons (Fsp3) is 0.385. The van der Waals surface area contributed by atoms with E-state index in [1.165, 1.54) is 0 Å². The summed E-state index contributed by atoms with van der Waals surface area (Å²) in [6.07, 6.45) is 2.29. The normalized spacial score (nSPS) is 13.0. The summed E-state index contributed by atoms with van der Waals surface area (Å²) in [5.74, 6) is 0. The van der Waals surface area contributed by atoms with E-state index in [0.29, 0.717) is 16.0 Å². The van der Waals surface area contributed by atoms with Gasteiger partial charge in [-0.05, 0) is 18.6 Å². The van der Waals surface area contributed by atoms with E-state index in [-0.39, 0.29) is 0 Å². The van der Waals surface area contributed by atoms with Gasteiger partial charge in [0.1, 0.15) is 0 Å². The molecule has 2 aromatic rings. The molecule has 0 bridgehead atoms. The Hall–Kier alpha value is -0.710. The quantitative estimate of drug-likeness (QED) is 0.704. The van der Waals surface area contributed by atoms with E-state index in [9.17, 15) is 13.2 Å². The molecule has 22 heavy (non-hydrogen) atoms. The summed E-state index contributed by atoms with van der Waals surface area (Å²) < 4.78 is 74.0. The van der Waals surface area contributed by atoms with Gasteiger partial charge in [-0.3, -0.25) is 16.8 Å². The van der Waals surface area contributed by atoms with Crippen LogP contribution in [0.1, 0.15) is 24.6 Å². The van der Waals surface area contributed by atoms with E-state index in [2.05, 4.69) is 0 Å². The Bertz CT molecular complexity index is 601. The second kappa shape index (κ2) is 7.71. The van der Waals surface area contributed by atoms with Crippen LogP contribution in [0.4, 0.5) is 13.2 Å². The van der Waals surface area contributed by atoms with Crippen LogP contribution in [0.5, 0.6) is 0 Å². The van der Waals surface area contributed by atoms with Gasteiger partial charge in [-0.2, -0.15) is 0 Å². The molecule has 0 saturated carbocycles. The Kier molecular flexibility index (Phi) is 6.78. The molecule has 0 aliphatic rings. The van der Waals surface area contributed by atoms with Crippen LogP contribution in [0.3, 0.4) is 0 Å². The lowest BCUT2D eigenvalue weighted by atomic mass is 10.2. The summed E-state index contributed by atoms with van der Waals surface area (Å²) in [7, 11) is -1.70. The number of rotatable bonds is 3. The predicted molar refractivity (Wildman–Crippen MR) is 66.3 cm³/mol. The minimum Gasteiger partial charge on any atom is -0.264 e. The molecule has 0 radical (unpaired) electrons. The molecule has 0 aliphatic carbocycles. The Morgan fingerprint density at radius 3 is 2.14 bits per heavy atom. The smallest absolute Gasteiger partial charge is 0.264 e. The van der Waals surface area contributed by atoms with Crippen molar-refractivity contribution in [3.63, 3.8) is 0 Å². The summed E-state index contributed by atoms with van der Waals surface area (Å²) in [4.78, 5) is 0.542. The zero-order chi connectivity index (χ0) is 17.0. The number of thiophene rings is 1. The van der Waals surface area contributed by atoms with Crippen LogP contribution in [0.25, 0.3) is 10.1 Å². The standard InChI is InChI=1S/C13H14F3S.BrO4/c1-2-3-7-11-9-10-6-4-5-8-12(10)17(11)13(14,15)16;2-1(3,4)5/h4-6,8-9H,2-3,7H2,1H3;/q+1;-1. The molecular formula is C13H14BrF3O4S. The van der Waals surface area contributed by atoms with Gasteiger partial charge in [0, 0.05) is 17.9 Å². The third kappa shape index (κ3) is 6.19. The lowest BCUT2D eigenvalue weighted by Crippen LogP contribution is -2.68. The van der Waals surface area contributed by atoms with Gasteiger partial charge in [-0.1, -0.05) is 25.5 Å². The Morgan fingerprint density at radius 1 is 1.09 bits per heavy atom. The van der Waals surface area contributed by atoms with Gasteiger partial charge < -0.3 is 0 Å². The van der Waals surface area contributed by atoms with Crippen molar-refractivity contribution in [2.75, 3.05) is 0 Å². The van der Waals surface area contributed by atoms with Crippen LogP contribution in [0, 0.1) is 14.1 Å². The highest BCUT2D eigenvalue weighted by Gasteiger charge is 2.47. The minimum atomic E-state index is -5.62. The van der Waals surface area contributed by atoms with Gasteiger partial charge in [-0.15, -0.1) is 13.2 Å². The topological polar surface area (TPSA) is 92.2 Å². The molecule has 1 unspecified atom stereocenters. The number of hydrogen-bond acceptors (Lipinski definition) is 4. The van der Waals surface area contributed by atoms with E-state index in [1.807, 2.05) is 6.92 Å². The lowest BCUT2D eigenvalue weighted by Gasteiger charge is -2.11. The molecule has 2 rings (SSSR count). The molecule has 0 N–H and O–H groups in total. The third-order valence-corrected chi connectivity index (χ3v) is 4.85. The van der Waals surface area contributed by atoms with Crippen molar-refractivity contribution in [3.8, 4) is 0 Å². The van der Waals surface area contributed by atoms with Crippen molar-refractivity contribution in [1.82, 2.24) is 0 Å². The number of alkyl halides is 3. The average Bonchev–Trinajstić information content (AvgIpc) is 2.72. The second-order valence-electron chi connectivity index (χ2n) is 4.38. The summed E-state index contributed by atoms with van der Waals surface area (Å²) in [6, 6.07) is 8.56. The molecule has 1 aromatic carbocycles. The molecule has 4 nitrogen and oxygen atoms in total. The molecule has 0 fully saturated rings. The molecule has 1 atom stereocenters. The summed E-state index contributed by atoms with van der Waals surface area (Å²) in [6.45, 7) is 1.99. The maximum atomic E-state index is 13.1. The van der Waals surface area contributed by atoms with E-state index < -0.39 is 30.1 Å². The van der Waals surface area contributed by atoms with E-state index in [1.54, 1.807) is 30.3 Å². The Labute approximate surface area is 131 Å². The average molecular weight is 403 g/mol. The predicted octanol–water partition coefficient (Wildman–Crippen LogP) is 0.652. The number of halogens is 4. The van der Waals surface area contributed by atoms with Gasteiger partial charge in [0.25, 0.3) is 0 Å². The monoisotopic (exact) mass is 402 g/mol. The summed E-state index contributed by atoms with van der Waals surface area (Å²) in [5, 5.41) is 0.735. The molecule has 1 aromatic heterocycles. The van der Waals surface area contributed by atoms with Crippen molar-refractivity contribution < 1.29 is 44.1 Å². The fourth-order valence-corrected chi connectivity index (χ4v) is 3.96. The van der Waals surface area contributed by atoms with Crippen molar-refractivity contribution in [3.05, 3.63) is 35.2 Å². The first-order valence-corrected chi connectivity index (χ1v) is 10.1. The van der Waals surface area contributed by atoms with Crippen molar-refractivity contribution in [2.45, 2.75) is 31.7 Å². The summed E-state index contributed by atoms with van der Waals surface area (Å²) in [5.41, 5.74) is -4.15. The van der Waals surface area contributed by atoms with E-state index >= 15 is 0 Å². The van der Waals surface area contributed by atoms with Crippen LogP contribution in [0.2, 0.25) is 0 Å². The van der Waals surface area contributed by atoms with Crippen molar-refractivity contribution in [2.24, 2.45) is 0 Å². The van der Waals surface area contributed by atoms with Gasteiger partial charge in [-0.25, -0.2) is 0 Å². The zero-order valence-corrected chi connectivity index (χ0v) is 14.0. The fourth-order valence-electron chi connectivity index (χ4n) is 1.96. The van der Waals surface area contributed by atoms with Gasteiger partial charge in [0.05, 0.1) is 24.6 Å². The first-order chi connectivity index (χ1) is 10.0. The number of unbranched alkanes of at least 4 members (excludes halogenated alkanes) is 1. The molecule has 0 aliphatic heterocycles. The molecule has 0 amide bonds. The maximum absolute atomic E-state index is 13.1. The first kappa shape index (κ1) is 19.3. The highest BCUT2D eigenvalue weighted by atomic mass is 80.0. The van der Waals surface area contributed by atoms with Crippen LogP contribution >= 0.6 is 10.5 Å². The molecule has 1 heterocycles. The molecule has 124 valence electrons. The van der Waals surface area contributed by atoms with Crippen LogP contribution < -0.4 is 16.8 Å². The third-order valence-electron chi connectivity index (χ3n) is 2.73. The summed E-state index contributed by atoms with van der Waals surface area (Å²) >= 11 is -5.62. The Morgan fingerprint density at radius 2 is 1.64 bits per heavy atom. The molecule has 9 heteroatoms. The van der Waals surface area contributed by atoms with Gasteiger partial charge >= 0.3 is 5.51 Å². The van der Waals surface area contributed by atoms with E-state index in [4.69, 9.17) is 16.8 Å². The van der Waals surface area contributed by atoms with Crippen LogP contribution in [-0.4, -0.2) is 0 Å². The zero-order valence-electron chi connectivity index (χ0n) is 11.6. The van der Waals surface area contributed by atoms with Gasteiger partial charge in [0.2, 0.25) is 0 Å². The highest BCUT2D eigenvalue weighted by Crippen LogP contribution is 2.51. The molecular weight excluding hydrogens is 389 g/mol. The first-order valence-electron chi connectivity index (χ1n) is 6.26. The second-order valence-corrected chi connectivity index (χ2v) is 8.01. The molecule has 0 spiro atoms. The number of benzene rings is 1. The lowest BCUT2D eigenvalue weighted by molar-refractivity contribution is -2.00. The SMILES string of the molecule is CCCCc1cc2ccccc2[s+]1C(F)(F)F.[O-][Br+3]([O-])([O-])[O-]. The molecule has 0 saturated heterocycles. The number of hydrogen-bond donors (Lipinski definition) is 0. The number of fused-ring (bicyclic) bond motifs is 1. The van der Waals surface area contributed by atoms with E-state index in [0.717, 1.165) is 18.2 Å². The van der Waals surface area contributed by atoms with Crippen LogP contribution in [0.15, 0.2) is 30.3 Å². The number of aryl methyl sites for hydroxylation is 1. The largest absolute Gasteiger partial charge is 0.600 e. The van der Waals surface area contributed by atoms with Crippen molar-refractivity contribution >= 4 is 20.6 Å². The Balaban J connectivity index is 0.000000422. The highest BCUT2D eigenvalue weighted by molar-refractivity contribution is 7.38. The minimum absolute atomic E-state index is 0.436. The van der Waals surface area contributed by atoms with Crippen LogP contribution in [-0.2, 0) is 11.9 Å². The van der Waals surface area contributed by atoms with Gasteiger partial charge in [0.15, 0.2) is 9.58 Å². The maximum Gasteiger partial charge on any atom is 0.600 e. The van der Waals surface area contributed by atoms with Crippen molar-refractivity contribution in [1.29, 1.82) is 0 Å².